The monoisotopic (exact) mass is 272 g/mol. The molecule has 0 amide bonds. The summed E-state index contributed by atoms with van der Waals surface area (Å²) in [6.45, 7) is 5.07. The van der Waals surface area contributed by atoms with Crippen LogP contribution < -0.4 is 9.44 Å². The fourth-order valence-corrected chi connectivity index (χ4v) is 2.66. The Labute approximate surface area is 106 Å². The van der Waals surface area contributed by atoms with Gasteiger partial charge in [-0.25, -0.2) is 4.79 Å². The predicted octanol–water partition coefficient (Wildman–Crippen LogP) is 1.43. The lowest BCUT2D eigenvalue weighted by atomic mass is 10.1. The van der Waals surface area contributed by atoms with E-state index in [1.807, 2.05) is 0 Å². The first-order chi connectivity index (χ1) is 8.11. The Balaban J connectivity index is 3.02. The van der Waals surface area contributed by atoms with E-state index in [9.17, 15) is 13.2 Å². The van der Waals surface area contributed by atoms with Gasteiger partial charge in [-0.15, -0.1) is 0 Å². The number of carboxylic acid groups (broad SMARTS) is 1. The maximum absolute atomic E-state index is 11.8. The number of anilines is 1. The number of benzene rings is 1. The van der Waals surface area contributed by atoms with Crippen LogP contribution in [0, 0.1) is 0 Å². The van der Waals surface area contributed by atoms with E-state index < -0.39 is 21.7 Å². The normalized spacial score (nSPS) is 12.2. The van der Waals surface area contributed by atoms with Crippen LogP contribution in [-0.2, 0) is 10.2 Å². The minimum Gasteiger partial charge on any atom is -0.478 e. The lowest BCUT2D eigenvalue weighted by molar-refractivity contribution is 0.0698. The lowest BCUT2D eigenvalue weighted by Crippen LogP contribution is -2.43. The SMILES string of the molecule is CC(C)(C)NS(=O)(=O)Nc1ccccc1C(=O)O. The number of hydrogen-bond donors (Lipinski definition) is 3. The summed E-state index contributed by atoms with van der Waals surface area (Å²) in [6, 6.07) is 5.81. The number of rotatable bonds is 4. The van der Waals surface area contributed by atoms with Crippen molar-refractivity contribution in [3.8, 4) is 0 Å². The van der Waals surface area contributed by atoms with E-state index in [2.05, 4.69) is 9.44 Å². The van der Waals surface area contributed by atoms with Crippen LogP contribution in [0.4, 0.5) is 5.69 Å². The van der Waals surface area contributed by atoms with Crippen molar-refractivity contribution in [1.29, 1.82) is 0 Å². The Hall–Kier alpha value is -1.60. The molecule has 0 unspecified atom stereocenters. The second kappa shape index (κ2) is 4.95. The molecule has 18 heavy (non-hydrogen) atoms. The van der Waals surface area contributed by atoms with E-state index >= 15 is 0 Å². The van der Waals surface area contributed by atoms with E-state index in [1.165, 1.54) is 18.2 Å². The van der Waals surface area contributed by atoms with Crippen LogP contribution in [0.1, 0.15) is 31.1 Å². The second-order valence-electron chi connectivity index (χ2n) is 4.81. The molecule has 0 heterocycles. The Morgan fingerprint density at radius 3 is 2.28 bits per heavy atom. The van der Waals surface area contributed by atoms with Gasteiger partial charge in [0, 0.05) is 5.54 Å². The molecule has 0 aliphatic rings. The Bertz CT molecular complexity index is 546. The molecule has 0 radical (unpaired) electrons. The molecule has 0 saturated carbocycles. The molecule has 100 valence electrons. The van der Waals surface area contributed by atoms with Crippen molar-refractivity contribution in [1.82, 2.24) is 4.72 Å². The molecule has 7 heteroatoms. The molecule has 6 nitrogen and oxygen atoms in total. The number of nitrogens with one attached hydrogen (secondary N) is 2. The average molecular weight is 272 g/mol. The molecule has 0 aliphatic carbocycles. The fraction of sp³-hybridized carbons (Fsp3) is 0.364. The summed E-state index contributed by atoms with van der Waals surface area (Å²) in [7, 11) is -3.81. The van der Waals surface area contributed by atoms with Crippen LogP contribution in [0.3, 0.4) is 0 Å². The summed E-state index contributed by atoms with van der Waals surface area (Å²) in [6.07, 6.45) is 0. The zero-order valence-corrected chi connectivity index (χ0v) is 11.2. The number of carboxylic acids is 1. The number of para-hydroxylation sites is 1. The fourth-order valence-electron chi connectivity index (χ4n) is 1.33. The summed E-state index contributed by atoms with van der Waals surface area (Å²) in [5.74, 6) is -1.19. The van der Waals surface area contributed by atoms with Crippen molar-refractivity contribution in [2.75, 3.05) is 4.72 Å². The first kappa shape index (κ1) is 14.5. The Morgan fingerprint density at radius 1 is 1.22 bits per heavy atom. The molecule has 3 N–H and O–H groups in total. The zero-order chi connectivity index (χ0) is 14.0. The van der Waals surface area contributed by atoms with Gasteiger partial charge in [0.2, 0.25) is 0 Å². The number of hydrogen-bond acceptors (Lipinski definition) is 3. The smallest absolute Gasteiger partial charge is 0.337 e. The van der Waals surface area contributed by atoms with Crippen LogP contribution in [0.25, 0.3) is 0 Å². The van der Waals surface area contributed by atoms with Crippen molar-refractivity contribution in [2.45, 2.75) is 26.3 Å². The Morgan fingerprint density at radius 2 is 1.78 bits per heavy atom. The molecule has 1 aromatic rings. The predicted molar refractivity (Wildman–Crippen MR) is 68.8 cm³/mol. The largest absolute Gasteiger partial charge is 0.478 e. The minimum atomic E-state index is -3.81. The van der Waals surface area contributed by atoms with E-state index in [1.54, 1.807) is 26.8 Å². The first-order valence-electron chi connectivity index (χ1n) is 5.25. The first-order valence-corrected chi connectivity index (χ1v) is 6.73. The van der Waals surface area contributed by atoms with Crippen molar-refractivity contribution in [3.05, 3.63) is 29.8 Å². The molecule has 1 rings (SSSR count). The third-order valence-corrected chi connectivity index (χ3v) is 3.21. The minimum absolute atomic E-state index is 0.0294. The summed E-state index contributed by atoms with van der Waals surface area (Å²) in [5.41, 5.74) is -0.720. The maximum Gasteiger partial charge on any atom is 0.337 e. The van der Waals surface area contributed by atoms with E-state index in [-0.39, 0.29) is 11.3 Å². The standard InChI is InChI=1S/C11H16N2O4S/c1-11(2,3)13-18(16,17)12-9-7-5-4-6-8(9)10(14)15/h4-7,12-13H,1-3H3,(H,14,15). The number of aromatic carboxylic acids is 1. The van der Waals surface area contributed by atoms with Crippen molar-refractivity contribution >= 4 is 21.9 Å². The van der Waals surface area contributed by atoms with Gasteiger partial charge in [-0.1, -0.05) is 12.1 Å². The summed E-state index contributed by atoms with van der Waals surface area (Å²) in [4.78, 5) is 10.9. The lowest BCUT2D eigenvalue weighted by Gasteiger charge is -2.21. The summed E-state index contributed by atoms with van der Waals surface area (Å²) < 4.78 is 28.1. The van der Waals surface area contributed by atoms with Gasteiger partial charge >= 0.3 is 5.97 Å². The average Bonchev–Trinajstić information content (AvgIpc) is 2.13. The highest BCUT2D eigenvalue weighted by Crippen LogP contribution is 2.16. The van der Waals surface area contributed by atoms with Crippen LogP contribution in [0.2, 0.25) is 0 Å². The summed E-state index contributed by atoms with van der Waals surface area (Å²) in [5, 5.41) is 8.94. The molecule has 0 saturated heterocycles. The van der Waals surface area contributed by atoms with Crippen LogP contribution in [0.15, 0.2) is 24.3 Å². The molecular weight excluding hydrogens is 256 g/mol. The molecule has 0 aliphatic heterocycles. The quantitative estimate of drug-likeness (QED) is 0.772. The molecular formula is C11H16N2O4S. The van der Waals surface area contributed by atoms with Gasteiger partial charge in [-0.2, -0.15) is 13.1 Å². The zero-order valence-electron chi connectivity index (χ0n) is 10.4. The maximum atomic E-state index is 11.8. The van der Waals surface area contributed by atoms with Crippen molar-refractivity contribution in [3.63, 3.8) is 0 Å². The highest BCUT2D eigenvalue weighted by Gasteiger charge is 2.21. The van der Waals surface area contributed by atoms with Crippen molar-refractivity contribution < 1.29 is 18.3 Å². The van der Waals surface area contributed by atoms with Gasteiger partial charge in [-0.3, -0.25) is 4.72 Å². The molecule has 0 atom stereocenters. The topological polar surface area (TPSA) is 95.5 Å². The highest BCUT2D eigenvalue weighted by atomic mass is 32.2. The number of carbonyl (C=O) groups is 1. The molecule has 1 aromatic carbocycles. The van der Waals surface area contributed by atoms with Gasteiger partial charge in [-0.05, 0) is 32.9 Å². The van der Waals surface area contributed by atoms with Gasteiger partial charge < -0.3 is 5.11 Å². The molecule has 0 spiro atoms. The third-order valence-electron chi connectivity index (χ3n) is 1.84. The van der Waals surface area contributed by atoms with Crippen LogP contribution >= 0.6 is 0 Å². The Kier molecular flexibility index (Phi) is 3.98. The second-order valence-corrected chi connectivity index (χ2v) is 6.22. The van der Waals surface area contributed by atoms with Crippen LogP contribution in [0.5, 0.6) is 0 Å². The molecule has 0 fully saturated rings. The van der Waals surface area contributed by atoms with Gasteiger partial charge in [0.25, 0.3) is 10.2 Å². The van der Waals surface area contributed by atoms with Gasteiger partial charge in [0.15, 0.2) is 0 Å². The van der Waals surface area contributed by atoms with E-state index in [4.69, 9.17) is 5.11 Å². The van der Waals surface area contributed by atoms with Gasteiger partial charge in [0.05, 0.1) is 11.3 Å². The van der Waals surface area contributed by atoms with E-state index in [0.29, 0.717) is 0 Å². The van der Waals surface area contributed by atoms with Crippen LogP contribution in [-0.4, -0.2) is 25.0 Å². The van der Waals surface area contributed by atoms with E-state index in [0.717, 1.165) is 0 Å². The highest BCUT2D eigenvalue weighted by molar-refractivity contribution is 7.90. The molecule has 0 bridgehead atoms. The third kappa shape index (κ3) is 4.34. The van der Waals surface area contributed by atoms with Gasteiger partial charge in [0.1, 0.15) is 0 Å². The summed E-state index contributed by atoms with van der Waals surface area (Å²) >= 11 is 0. The molecule has 0 aromatic heterocycles. The van der Waals surface area contributed by atoms with Crippen molar-refractivity contribution in [2.24, 2.45) is 0 Å².